The van der Waals surface area contributed by atoms with Crippen LogP contribution in [0.25, 0.3) is 22.1 Å². The first-order valence-electron chi connectivity index (χ1n) is 22.4. The van der Waals surface area contributed by atoms with E-state index in [1.165, 1.54) is 0 Å². The summed E-state index contributed by atoms with van der Waals surface area (Å²) in [7, 11) is 1.98. The Bertz CT molecular complexity index is 2880. The third-order valence-electron chi connectivity index (χ3n) is 12.0. The molecule has 2 atom stereocenters. The number of benzene rings is 2. The van der Waals surface area contributed by atoms with Gasteiger partial charge in [0.1, 0.15) is 40.5 Å². The number of hydrogen-bond donors (Lipinski definition) is 5. The minimum atomic E-state index is -0.692. The van der Waals surface area contributed by atoms with E-state index in [1.54, 1.807) is 52.7 Å². The smallest absolute Gasteiger partial charge is 0.276 e. The van der Waals surface area contributed by atoms with Crippen molar-refractivity contribution in [3.8, 4) is 11.5 Å². The number of nitrogens with zero attached hydrogens (tertiary/aromatic N) is 9. The molecule has 1 fully saturated rings. The number of imidazole rings is 2. The van der Waals surface area contributed by atoms with Crippen LogP contribution in [0.2, 0.25) is 0 Å². The molecule has 22 nitrogen and oxygen atoms in total. The number of aryl methyl sites for hydroxylation is 5. The molecule has 0 spiro atoms. The number of fused-ring (bicyclic) bond motifs is 1. The van der Waals surface area contributed by atoms with Crippen molar-refractivity contribution in [2.75, 3.05) is 57.2 Å². The number of morpholine rings is 1. The second-order valence-electron chi connectivity index (χ2n) is 16.8. The van der Waals surface area contributed by atoms with Crippen LogP contribution in [0.3, 0.4) is 0 Å². The maximum Gasteiger partial charge on any atom is 0.276 e. The topological polar surface area (TPSA) is 276 Å². The summed E-state index contributed by atoms with van der Waals surface area (Å²) in [6.07, 6.45) is 1.71. The summed E-state index contributed by atoms with van der Waals surface area (Å²) in [5.41, 5.74) is 15.8. The number of carbonyl (C=O) groups excluding carboxylic acids is 5. The van der Waals surface area contributed by atoms with Crippen LogP contribution in [0.5, 0.6) is 11.5 Å². The quantitative estimate of drug-likeness (QED) is 0.0732. The van der Waals surface area contributed by atoms with Crippen LogP contribution in [0.4, 0.5) is 11.9 Å². The maximum atomic E-state index is 13.9. The number of hydrogen-bond acceptors (Lipinski definition) is 13. The molecule has 2 aromatic carbocycles. The summed E-state index contributed by atoms with van der Waals surface area (Å²) in [5, 5.41) is 17.8. The van der Waals surface area contributed by atoms with Gasteiger partial charge in [-0.15, -0.1) is 0 Å². The second-order valence-corrected chi connectivity index (χ2v) is 16.8. The van der Waals surface area contributed by atoms with Crippen LogP contribution < -0.4 is 36.9 Å². The zero-order chi connectivity index (χ0) is 47.5. The van der Waals surface area contributed by atoms with Gasteiger partial charge in [-0.05, 0) is 90.4 Å². The first-order valence-corrected chi connectivity index (χ1v) is 22.4. The van der Waals surface area contributed by atoms with Crippen LogP contribution in [0.15, 0.2) is 36.4 Å². The number of amides is 5. The van der Waals surface area contributed by atoms with Crippen molar-refractivity contribution in [1.29, 1.82) is 0 Å². The second kappa shape index (κ2) is 19.6. The minimum absolute atomic E-state index is 0.00424. The summed E-state index contributed by atoms with van der Waals surface area (Å²) in [6.45, 7) is 11.2. The van der Waals surface area contributed by atoms with Crippen LogP contribution in [-0.2, 0) is 29.2 Å². The molecule has 0 saturated carbocycles. The molecule has 6 heterocycles. The first-order chi connectivity index (χ1) is 32.2. The van der Waals surface area contributed by atoms with E-state index in [2.05, 4.69) is 31.0 Å². The van der Waals surface area contributed by atoms with Crippen LogP contribution in [0.1, 0.15) is 98.7 Å². The zero-order valence-corrected chi connectivity index (χ0v) is 38.3. The highest BCUT2D eigenvalue weighted by Crippen LogP contribution is 2.39. The Hall–Kier alpha value is -7.33. The van der Waals surface area contributed by atoms with E-state index in [4.69, 9.17) is 35.6 Å². The average Bonchev–Trinajstić information content (AvgIpc) is 4.07. The molecule has 0 unspecified atom stereocenters. The van der Waals surface area contributed by atoms with Crippen LogP contribution in [0, 0.1) is 13.8 Å². The van der Waals surface area contributed by atoms with Crippen molar-refractivity contribution in [1.82, 2.24) is 48.9 Å². The summed E-state index contributed by atoms with van der Waals surface area (Å²) in [6, 6.07) is 9.28. The van der Waals surface area contributed by atoms with Crippen LogP contribution >= 0.6 is 0 Å². The lowest BCUT2D eigenvalue weighted by molar-refractivity contribution is -0.123. The Balaban J connectivity index is 1.08. The fraction of sp³-hybridized carbons (Fsp3) is 0.444. The van der Waals surface area contributed by atoms with Gasteiger partial charge in [-0.3, -0.25) is 48.9 Å². The molecule has 1 saturated heterocycles. The van der Waals surface area contributed by atoms with Crippen molar-refractivity contribution in [2.24, 2.45) is 11.5 Å². The molecule has 0 bridgehead atoms. The van der Waals surface area contributed by atoms with Gasteiger partial charge in [0.15, 0.2) is 0 Å². The van der Waals surface area contributed by atoms with E-state index in [9.17, 15) is 24.0 Å². The molecule has 7 N–H and O–H groups in total. The minimum Gasteiger partial charge on any atom is -0.491 e. The highest BCUT2D eigenvalue weighted by Gasteiger charge is 2.31. The molecule has 0 aliphatic carbocycles. The summed E-state index contributed by atoms with van der Waals surface area (Å²) in [4.78, 5) is 77.1. The van der Waals surface area contributed by atoms with Crippen molar-refractivity contribution < 1.29 is 38.2 Å². The number of nitrogens with two attached hydrogens (primary N) is 2. The summed E-state index contributed by atoms with van der Waals surface area (Å²) >= 11 is 0. The van der Waals surface area contributed by atoms with Gasteiger partial charge in [0, 0.05) is 56.3 Å². The molecule has 22 heteroatoms. The third-order valence-corrected chi connectivity index (χ3v) is 12.0. The predicted molar refractivity (Wildman–Crippen MR) is 246 cm³/mol. The summed E-state index contributed by atoms with van der Waals surface area (Å²) < 4.78 is 25.1. The number of rotatable bonds is 19. The van der Waals surface area contributed by atoms with E-state index in [1.807, 2.05) is 37.0 Å². The normalized spacial score (nSPS) is 16.0. The van der Waals surface area contributed by atoms with Crippen molar-refractivity contribution in [3.05, 3.63) is 70.3 Å². The summed E-state index contributed by atoms with van der Waals surface area (Å²) in [5.74, 6) is -1.12. The lowest BCUT2D eigenvalue weighted by atomic mass is 10.1. The Morgan fingerprint density at radius 1 is 0.791 bits per heavy atom. The molecular formula is C45H56N14O8. The molecule has 4 aromatic heterocycles. The third kappa shape index (κ3) is 9.80. The van der Waals surface area contributed by atoms with Crippen molar-refractivity contribution in [3.63, 3.8) is 0 Å². The molecule has 6 aromatic rings. The number of carbonyl (C=O) groups is 5. The molecule has 2 aliphatic heterocycles. The van der Waals surface area contributed by atoms with Gasteiger partial charge in [-0.1, -0.05) is 0 Å². The van der Waals surface area contributed by atoms with Gasteiger partial charge >= 0.3 is 0 Å². The lowest BCUT2D eigenvalue weighted by Crippen LogP contribution is -2.45. The van der Waals surface area contributed by atoms with E-state index < -0.39 is 23.6 Å². The Morgan fingerprint density at radius 2 is 1.42 bits per heavy atom. The molecule has 67 heavy (non-hydrogen) atoms. The maximum absolute atomic E-state index is 13.9. The van der Waals surface area contributed by atoms with Gasteiger partial charge in [-0.25, -0.2) is 9.97 Å². The van der Waals surface area contributed by atoms with Gasteiger partial charge in [-0.2, -0.15) is 10.2 Å². The molecule has 2 aliphatic rings. The van der Waals surface area contributed by atoms with Crippen LogP contribution in [-0.4, -0.2) is 126 Å². The fourth-order valence-electron chi connectivity index (χ4n) is 8.63. The molecule has 5 amide bonds. The van der Waals surface area contributed by atoms with E-state index >= 15 is 0 Å². The SMILES string of the molecule is CCn1nc(C)cc1C(=O)Nc1nc2cc(C(N)=O)cc(OCCCNC(=O)C[C@@H]3COCCN3C)c2n1CCC[C@H]1COc2cc(C(N)=O)cc3nc(NC(=O)c4cc(C)nn4CC)n1c23. The lowest BCUT2D eigenvalue weighted by Gasteiger charge is -2.31. The van der Waals surface area contributed by atoms with Crippen molar-refractivity contribution >= 4 is 63.5 Å². The Morgan fingerprint density at radius 3 is 2.06 bits per heavy atom. The molecular weight excluding hydrogens is 865 g/mol. The van der Waals surface area contributed by atoms with E-state index in [0.717, 1.165) is 6.54 Å². The fourth-order valence-corrected chi connectivity index (χ4v) is 8.63. The van der Waals surface area contributed by atoms with Gasteiger partial charge < -0.3 is 40.1 Å². The molecule has 8 rings (SSSR count). The number of likely N-dealkylation sites (N-methyl/N-ethyl adjacent to an activating group) is 1. The standard InChI is InChI=1S/C45H56N14O8/c1-6-57-33(16-25(3)53-57)42(63)51-44-49-31-18-27(40(46)61)20-35(66-14-9-11-48-37(60)22-30-23-65-15-13-55(30)5)38(31)56(44)12-8-10-29-24-67-36-21-28(41(47)62)19-32-39(36)59(29)45(50-32)52-43(64)34-17-26(4)54-58(34)7-2/h16-21,29-30H,6-15,22-24H2,1-5H3,(H2,46,61)(H2,47,62)(H,48,60)(H,49,51,63)(H,50,52,64)/t29-,30+/m0/s1. The highest BCUT2D eigenvalue weighted by molar-refractivity contribution is 6.05. The monoisotopic (exact) mass is 920 g/mol. The average molecular weight is 921 g/mol. The number of aromatic nitrogens is 8. The Kier molecular flexibility index (Phi) is 13.5. The Labute approximate surface area is 385 Å². The highest BCUT2D eigenvalue weighted by atomic mass is 16.5. The zero-order valence-electron chi connectivity index (χ0n) is 38.3. The van der Waals surface area contributed by atoms with Gasteiger partial charge in [0.25, 0.3) is 11.8 Å². The largest absolute Gasteiger partial charge is 0.491 e. The molecule has 0 radical (unpaired) electrons. The number of ether oxygens (including phenoxy) is 3. The van der Waals surface area contributed by atoms with Crippen molar-refractivity contribution in [2.45, 2.75) is 85.1 Å². The van der Waals surface area contributed by atoms with E-state index in [0.29, 0.717) is 115 Å². The van der Waals surface area contributed by atoms with Gasteiger partial charge in [0.2, 0.25) is 29.6 Å². The van der Waals surface area contributed by atoms with E-state index in [-0.39, 0.29) is 60.8 Å². The number of primary amides is 2. The van der Waals surface area contributed by atoms with Gasteiger partial charge in [0.05, 0.1) is 48.3 Å². The predicted octanol–water partition coefficient (Wildman–Crippen LogP) is 3.16. The first kappa shape index (κ1) is 46.2. The number of nitrogens with one attached hydrogen (secondary N) is 3. The molecule has 354 valence electrons. The number of anilines is 2.